The van der Waals surface area contributed by atoms with E-state index in [1.54, 1.807) is 0 Å². The summed E-state index contributed by atoms with van der Waals surface area (Å²) in [7, 11) is 0. The van der Waals surface area contributed by atoms with Crippen LogP contribution < -0.4 is 0 Å². The van der Waals surface area contributed by atoms with E-state index in [4.69, 9.17) is 4.74 Å². The lowest BCUT2D eigenvalue weighted by atomic mass is 9.78. The van der Waals surface area contributed by atoms with Crippen molar-refractivity contribution in [3.63, 3.8) is 0 Å². The largest absolute Gasteiger partial charge is 0.374 e. The van der Waals surface area contributed by atoms with Crippen molar-refractivity contribution < 1.29 is 4.74 Å². The fourth-order valence-electron chi connectivity index (χ4n) is 2.62. The summed E-state index contributed by atoms with van der Waals surface area (Å²) in [4.78, 5) is 0. The average Bonchev–Trinajstić information content (AvgIpc) is 2.43. The molecule has 4 unspecified atom stereocenters. The molecule has 0 spiro atoms. The zero-order chi connectivity index (χ0) is 8.01. The van der Waals surface area contributed by atoms with E-state index in [9.17, 15) is 0 Å². The van der Waals surface area contributed by atoms with E-state index in [0.717, 1.165) is 17.8 Å². The molecule has 11 heavy (non-hydrogen) atoms. The number of hydrogen-bond donors (Lipinski definition) is 0. The van der Waals surface area contributed by atoms with Gasteiger partial charge in [0.1, 0.15) is 0 Å². The van der Waals surface area contributed by atoms with E-state index >= 15 is 0 Å². The summed E-state index contributed by atoms with van der Waals surface area (Å²) in [5, 5.41) is 0. The van der Waals surface area contributed by atoms with Crippen molar-refractivity contribution in [1.82, 2.24) is 0 Å². The van der Waals surface area contributed by atoms with Crippen LogP contribution in [0.3, 0.4) is 0 Å². The molecule has 2 aliphatic rings. The average molecular weight is 154 g/mol. The van der Waals surface area contributed by atoms with Gasteiger partial charge in [0.25, 0.3) is 0 Å². The summed E-state index contributed by atoms with van der Waals surface area (Å²) in [5.41, 5.74) is 0. The van der Waals surface area contributed by atoms with Gasteiger partial charge in [-0.2, -0.15) is 0 Å². The molecule has 0 aromatic rings. The molecule has 64 valence electrons. The molecule has 4 atom stereocenters. The lowest BCUT2D eigenvalue weighted by Gasteiger charge is -2.24. The maximum atomic E-state index is 5.86. The maximum absolute atomic E-state index is 5.86. The van der Waals surface area contributed by atoms with Crippen LogP contribution in [0.4, 0.5) is 0 Å². The molecule has 0 saturated carbocycles. The first kappa shape index (κ1) is 7.60. The molecule has 0 amide bonds. The fourth-order valence-corrected chi connectivity index (χ4v) is 2.62. The first-order chi connectivity index (χ1) is 5.18. The normalized spacial score (nSPS) is 49.1. The molecule has 2 rings (SSSR count). The van der Waals surface area contributed by atoms with Crippen molar-refractivity contribution >= 4 is 0 Å². The monoisotopic (exact) mass is 154 g/mol. The first-order valence-electron chi connectivity index (χ1n) is 4.84. The summed E-state index contributed by atoms with van der Waals surface area (Å²) >= 11 is 0. The molecule has 0 aromatic carbocycles. The standard InChI is InChI=1S/C10H18O/c1-6(2)8-5-9-7(3)4-10(8)11-9/h6-10H,4-5H2,1-3H3. The maximum Gasteiger partial charge on any atom is 0.0614 e. The molecule has 2 bridgehead atoms. The highest BCUT2D eigenvalue weighted by atomic mass is 16.5. The molecule has 2 saturated heterocycles. The van der Waals surface area contributed by atoms with Crippen LogP contribution in [0.15, 0.2) is 0 Å². The topological polar surface area (TPSA) is 9.23 Å². The number of hydrogen-bond acceptors (Lipinski definition) is 1. The van der Waals surface area contributed by atoms with Gasteiger partial charge in [-0.15, -0.1) is 0 Å². The highest BCUT2D eigenvalue weighted by Gasteiger charge is 2.45. The summed E-state index contributed by atoms with van der Waals surface area (Å²) in [6.45, 7) is 6.96. The predicted octanol–water partition coefficient (Wildman–Crippen LogP) is 2.46. The van der Waals surface area contributed by atoms with Crippen molar-refractivity contribution in [2.45, 2.75) is 45.8 Å². The molecular weight excluding hydrogens is 136 g/mol. The lowest BCUT2D eigenvalue weighted by Crippen LogP contribution is -2.25. The molecule has 0 aromatic heterocycles. The summed E-state index contributed by atoms with van der Waals surface area (Å²) < 4.78 is 5.86. The number of rotatable bonds is 1. The van der Waals surface area contributed by atoms with Gasteiger partial charge in [0.05, 0.1) is 12.2 Å². The Kier molecular flexibility index (Phi) is 1.71. The third-order valence-corrected chi connectivity index (χ3v) is 3.43. The van der Waals surface area contributed by atoms with Crippen LogP contribution in [-0.4, -0.2) is 12.2 Å². The van der Waals surface area contributed by atoms with E-state index in [0.29, 0.717) is 12.2 Å². The Bertz CT molecular complexity index is 151. The van der Waals surface area contributed by atoms with Crippen LogP contribution in [0.25, 0.3) is 0 Å². The highest BCUT2D eigenvalue weighted by molar-refractivity contribution is 4.94. The van der Waals surface area contributed by atoms with E-state index < -0.39 is 0 Å². The van der Waals surface area contributed by atoms with Crippen molar-refractivity contribution in [1.29, 1.82) is 0 Å². The minimum Gasteiger partial charge on any atom is -0.374 e. The molecule has 1 heteroatoms. The second-order valence-corrected chi connectivity index (χ2v) is 4.57. The van der Waals surface area contributed by atoms with Gasteiger partial charge >= 0.3 is 0 Å². The molecule has 1 nitrogen and oxygen atoms in total. The molecule has 2 fully saturated rings. The zero-order valence-electron chi connectivity index (χ0n) is 7.71. The zero-order valence-corrected chi connectivity index (χ0v) is 7.71. The molecule has 0 aliphatic carbocycles. The van der Waals surface area contributed by atoms with Crippen molar-refractivity contribution in [3.05, 3.63) is 0 Å². The van der Waals surface area contributed by atoms with Crippen molar-refractivity contribution in [2.24, 2.45) is 17.8 Å². The molecule has 2 heterocycles. The Morgan fingerprint density at radius 3 is 2.27 bits per heavy atom. The SMILES string of the molecule is CC(C)C1CC2OC1CC2C. The Morgan fingerprint density at radius 2 is 1.91 bits per heavy atom. The molecule has 2 aliphatic heterocycles. The van der Waals surface area contributed by atoms with Crippen LogP contribution in [0.5, 0.6) is 0 Å². The molecular formula is C10H18O. The highest BCUT2D eigenvalue weighted by Crippen LogP contribution is 2.45. The third kappa shape index (κ3) is 1.10. The molecule has 0 radical (unpaired) electrons. The smallest absolute Gasteiger partial charge is 0.0614 e. The van der Waals surface area contributed by atoms with Gasteiger partial charge in [-0.25, -0.2) is 0 Å². The number of ether oxygens (including phenoxy) is 1. The quantitative estimate of drug-likeness (QED) is 0.563. The number of fused-ring (bicyclic) bond motifs is 2. The minimum absolute atomic E-state index is 0.604. The Hall–Kier alpha value is -0.0400. The van der Waals surface area contributed by atoms with Crippen molar-refractivity contribution in [3.8, 4) is 0 Å². The second-order valence-electron chi connectivity index (χ2n) is 4.57. The van der Waals surface area contributed by atoms with Crippen LogP contribution in [0.1, 0.15) is 33.6 Å². The van der Waals surface area contributed by atoms with Crippen LogP contribution >= 0.6 is 0 Å². The third-order valence-electron chi connectivity index (χ3n) is 3.43. The van der Waals surface area contributed by atoms with Gasteiger partial charge in [0.15, 0.2) is 0 Å². The van der Waals surface area contributed by atoms with E-state index in [-0.39, 0.29) is 0 Å². The van der Waals surface area contributed by atoms with Gasteiger partial charge in [0.2, 0.25) is 0 Å². The summed E-state index contributed by atoms with van der Waals surface area (Å²) in [6, 6.07) is 0. The van der Waals surface area contributed by atoms with Crippen molar-refractivity contribution in [2.75, 3.05) is 0 Å². The van der Waals surface area contributed by atoms with Gasteiger partial charge in [-0.05, 0) is 30.6 Å². The van der Waals surface area contributed by atoms with Gasteiger partial charge in [-0.1, -0.05) is 20.8 Å². The summed E-state index contributed by atoms with van der Waals surface area (Å²) in [5.74, 6) is 2.50. The molecule has 0 N–H and O–H groups in total. The van der Waals surface area contributed by atoms with E-state index in [1.807, 2.05) is 0 Å². The summed E-state index contributed by atoms with van der Waals surface area (Å²) in [6.07, 6.45) is 3.85. The Labute approximate surface area is 69.1 Å². The van der Waals surface area contributed by atoms with Crippen LogP contribution in [0.2, 0.25) is 0 Å². The second kappa shape index (κ2) is 2.48. The van der Waals surface area contributed by atoms with Crippen LogP contribution in [0, 0.1) is 17.8 Å². The van der Waals surface area contributed by atoms with Gasteiger partial charge < -0.3 is 4.74 Å². The van der Waals surface area contributed by atoms with Gasteiger partial charge in [0, 0.05) is 0 Å². The predicted molar refractivity (Wildman–Crippen MR) is 45.4 cm³/mol. The van der Waals surface area contributed by atoms with E-state index in [2.05, 4.69) is 20.8 Å². The van der Waals surface area contributed by atoms with Gasteiger partial charge in [-0.3, -0.25) is 0 Å². The Balaban J connectivity index is 2.02. The fraction of sp³-hybridized carbons (Fsp3) is 1.00. The minimum atomic E-state index is 0.604. The Morgan fingerprint density at radius 1 is 1.18 bits per heavy atom. The van der Waals surface area contributed by atoms with E-state index in [1.165, 1.54) is 12.8 Å². The first-order valence-corrected chi connectivity index (χ1v) is 4.84. The lowest BCUT2D eigenvalue weighted by molar-refractivity contribution is 0.0802. The van der Waals surface area contributed by atoms with Crippen LogP contribution in [-0.2, 0) is 4.74 Å².